The van der Waals surface area contributed by atoms with Gasteiger partial charge in [0.25, 0.3) is 0 Å². The fraction of sp³-hybridized carbons (Fsp3) is 0.676. The fourth-order valence-electron chi connectivity index (χ4n) is 8.14. The second-order valence-corrected chi connectivity index (χ2v) is 14.3. The summed E-state index contributed by atoms with van der Waals surface area (Å²) in [5.74, 6) is -0.318. The molecular weight excluding hydrogens is 578 g/mol. The third-order valence-electron chi connectivity index (χ3n) is 10.8. The number of amides is 1. The quantitative estimate of drug-likeness (QED) is 0.165. The normalized spacial score (nSPS) is 29.1. The van der Waals surface area contributed by atoms with Crippen LogP contribution in [-0.2, 0) is 23.9 Å². The van der Waals surface area contributed by atoms with Crippen LogP contribution in [0.4, 0.5) is 5.69 Å². The Bertz CT molecular complexity index is 1240. The predicted molar refractivity (Wildman–Crippen MR) is 171 cm³/mol. The van der Waals surface area contributed by atoms with E-state index in [2.05, 4.69) is 37.7 Å². The van der Waals surface area contributed by atoms with E-state index in [-0.39, 0.29) is 58.9 Å². The van der Waals surface area contributed by atoms with E-state index in [0.29, 0.717) is 55.8 Å². The molecule has 2 N–H and O–H groups in total. The standard InChI is InChI=1S/C34H49N3O6S/c1-6-8-9-29(33(5)22(3)10-13-34(23(4)27(39)7-2)14-11-28(40)32(33)34)43-31(42)21-44-26-16-24(17-35-18-26)36-30(41)20-37-15-12-25(38)19-37/h6,16-18,22-23,27,29,32,39H,1,7-15,19-21H2,2-5H3,(H,36,41)/t22?,23-,27+,29+,32-,33-,34-/m0/s1. The molecule has 44 heavy (non-hydrogen) atoms. The number of carbonyl (C=O) groups excluding carboxylic acids is 4. The van der Waals surface area contributed by atoms with Gasteiger partial charge in [0.05, 0.1) is 36.8 Å². The van der Waals surface area contributed by atoms with E-state index in [1.807, 2.05) is 17.9 Å². The monoisotopic (exact) mass is 627 g/mol. The van der Waals surface area contributed by atoms with E-state index >= 15 is 0 Å². The molecule has 242 valence electrons. The molecule has 1 aromatic rings. The van der Waals surface area contributed by atoms with Crippen molar-refractivity contribution in [3.8, 4) is 0 Å². The molecule has 10 heteroatoms. The Kier molecular flexibility index (Phi) is 11.5. The molecule has 1 saturated heterocycles. The van der Waals surface area contributed by atoms with Gasteiger partial charge in [0.15, 0.2) is 0 Å². The van der Waals surface area contributed by atoms with Gasteiger partial charge in [-0.2, -0.15) is 0 Å². The van der Waals surface area contributed by atoms with Gasteiger partial charge in [-0.1, -0.05) is 33.8 Å². The highest BCUT2D eigenvalue weighted by molar-refractivity contribution is 8.00. The number of aliphatic hydroxyl groups excluding tert-OH is 1. The topological polar surface area (TPSA) is 126 Å². The van der Waals surface area contributed by atoms with Gasteiger partial charge in [-0.15, -0.1) is 18.3 Å². The van der Waals surface area contributed by atoms with E-state index in [1.165, 1.54) is 11.8 Å². The van der Waals surface area contributed by atoms with Crippen molar-refractivity contribution in [1.29, 1.82) is 0 Å². The van der Waals surface area contributed by atoms with Crippen LogP contribution in [0.5, 0.6) is 0 Å². The number of aliphatic hydroxyl groups is 1. The number of fused-ring (bicyclic) bond motifs is 1. The van der Waals surface area contributed by atoms with Crippen molar-refractivity contribution in [2.45, 2.75) is 96.2 Å². The van der Waals surface area contributed by atoms with Crippen LogP contribution in [0.1, 0.15) is 79.1 Å². The third kappa shape index (κ3) is 7.29. The number of likely N-dealkylation sites (tertiary alicyclic amines) is 1. The SMILES string of the molecule is C=CCC[C@@H](OC(=O)CSc1cncc(NC(=O)CN2CCC(=O)C2)c1)[C@]1(C)C(C)CC[C@@]2([C@@H](C)[C@H](O)CC)CCC(=O)[C@H]21. The molecule has 1 aliphatic heterocycles. The Morgan fingerprint density at radius 1 is 1.30 bits per heavy atom. The van der Waals surface area contributed by atoms with Crippen LogP contribution in [0.2, 0.25) is 0 Å². The minimum Gasteiger partial charge on any atom is -0.461 e. The van der Waals surface area contributed by atoms with E-state index < -0.39 is 17.6 Å². The number of carbonyl (C=O) groups is 4. The fourth-order valence-corrected chi connectivity index (χ4v) is 8.83. The number of anilines is 1. The van der Waals surface area contributed by atoms with Gasteiger partial charge in [-0.25, -0.2) is 0 Å². The number of Topliss-reactive ketones (excluding diaryl/α,β-unsaturated/α-hetero) is 2. The number of nitrogens with zero attached hydrogens (tertiary/aromatic N) is 2. The van der Waals surface area contributed by atoms with Crippen LogP contribution in [0.3, 0.4) is 0 Å². The molecule has 4 rings (SSSR count). The van der Waals surface area contributed by atoms with Crippen molar-refractivity contribution in [3.63, 3.8) is 0 Å². The smallest absolute Gasteiger partial charge is 0.316 e. The molecule has 3 fully saturated rings. The summed E-state index contributed by atoms with van der Waals surface area (Å²) >= 11 is 1.28. The van der Waals surface area contributed by atoms with Crippen molar-refractivity contribution in [1.82, 2.24) is 9.88 Å². The minimum absolute atomic E-state index is 0.0276. The molecule has 0 spiro atoms. The van der Waals surface area contributed by atoms with E-state index in [1.54, 1.807) is 18.5 Å². The molecule has 7 atom stereocenters. The lowest BCUT2D eigenvalue weighted by Gasteiger charge is -2.58. The Hall–Kier alpha value is -2.56. The molecular formula is C34H49N3O6S. The maximum absolute atomic E-state index is 13.7. The maximum Gasteiger partial charge on any atom is 0.316 e. The summed E-state index contributed by atoms with van der Waals surface area (Å²) in [4.78, 5) is 57.8. The van der Waals surface area contributed by atoms with Crippen LogP contribution < -0.4 is 5.32 Å². The molecule has 9 nitrogen and oxygen atoms in total. The summed E-state index contributed by atoms with van der Waals surface area (Å²) in [7, 11) is 0. The van der Waals surface area contributed by atoms with Crippen molar-refractivity contribution >= 4 is 40.9 Å². The van der Waals surface area contributed by atoms with Crippen LogP contribution in [-0.4, -0.2) is 76.0 Å². The second-order valence-electron chi connectivity index (χ2n) is 13.3. The summed E-state index contributed by atoms with van der Waals surface area (Å²) < 4.78 is 6.29. The van der Waals surface area contributed by atoms with Gasteiger partial charge in [-0.05, 0) is 61.8 Å². The number of ether oxygens (including phenoxy) is 1. The summed E-state index contributed by atoms with van der Waals surface area (Å²) in [6.45, 7) is 13.3. The largest absolute Gasteiger partial charge is 0.461 e. The van der Waals surface area contributed by atoms with Crippen molar-refractivity contribution in [2.24, 2.45) is 28.6 Å². The Morgan fingerprint density at radius 3 is 2.75 bits per heavy atom. The van der Waals surface area contributed by atoms with E-state index in [4.69, 9.17) is 4.74 Å². The Morgan fingerprint density at radius 2 is 2.07 bits per heavy atom. The average molecular weight is 628 g/mol. The predicted octanol–water partition coefficient (Wildman–Crippen LogP) is 5.07. The highest BCUT2D eigenvalue weighted by Gasteiger charge is 2.65. The first kappa shape index (κ1) is 34.3. The zero-order chi connectivity index (χ0) is 32.1. The van der Waals surface area contributed by atoms with Gasteiger partial charge < -0.3 is 15.2 Å². The Balaban J connectivity index is 1.45. The molecule has 1 aromatic heterocycles. The molecule has 1 unspecified atom stereocenters. The number of pyridine rings is 1. The summed E-state index contributed by atoms with van der Waals surface area (Å²) in [6.07, 6.45) is 9.49. The van der Waals surface area contributed by atoms with Crippen LogP contribution in [0.25, 0.3) is 0 Å². The zero-order valence-corrected chi connectivity index (χ0v) is 27.5. The number of nitrogens with one attached hydrogen (secondary N) is 1. The summed E-state index contributed by atoms with van der Waals surface area (Å²) in [6, 6.07) is 1.77. The number of ketones is 2. The summed E-state index contributed by atoms with van der Waals surface area (Å²) in [5.41, 5.74) is -0.351. The van der Waals surface area contributed by atoms with Crippen LogP contribution in [0, 0.1) is 28.6 Å². The van der Waals surface area contributed by atoms with Crippen molar-refractivity contribution in [3.05, 3.63) is 31.1 Å². The molecule has 2 saturated carbocycles. The van der Waals surface area contributed by atoms with Crippen molar-refractivity contribution < 1.29 is 29.0 Å². The molecule has 3 aliphatic rings. The van der Waals surface area contributed by atoms with Gasteiger partial charge in [0.2, 0.25) is 5.91 Å². The molecule has 1 amide bonds. The van der Waals surface area contributed by atoms with Crippen molar-refractivity contribution in [2.75, 3.05) is 30.7 Å². The molecule has 0 radical (unpaired) electrons. The number of thioether (sulfide) groups is 1. The number of aromatic nitrogens is 1. The lowest BCUT2D eigenvalue weighted by Crippen LogP contribution is -2.58. The second kappa shape index (κ2) is 14.7. The van der Waals surface area contributed by atoms with Crippen LogP contribution in [0.15, 0.2) is 36.0 Å². The minimum atomic E-state index is -0.567. The van der Waals surface area contributed by atoms with E-state index in [0.717, 1.165) is 19.3 Å². The molecule has 0 aromatic carbocycles. The summed E-state index contributed by atoms with van der Waals surface area (Å²) in [5, 5.41) is 13.8. The average Bonchev–Trinajstić information content (AvgIpc) is 3.58. The van der Waals surface area contributed by atoms with Gasteiger partial charge in [-0.3, -0.25) is 29.1 Å². The molecule has 2 aliphatic carbocycles. The number of esters is 1. The third-order valence-corrected chi connectivity index (χ3v) is 11.7. The number of rotatable bonds is 14. The van der Waals surface area contributed by atoms with Gasteiger partial charge in [0, 0.05) is 41.8 Å². The maximum atomic E-state index is 13.7. The van der Waals surface area contributed by atoms with Gasteiger partial charge >= 0.3 is 5.97 Å². The van der Waals surface area contributed by atoms with E-state index in [9.17, 15) is 24.3 Å². The lowest BCUT2D eigenvalue weighted by atomic mass is 9.47. The zero-order valence-electron chi connectivity index (χ0n) is 26.7. The van der Waals surface area contributed by atoms with Crippen LogP contribution >= 0.6 is 11.8 Å². The first-order chi connectivity index (χ1) is 20.9. The first-order valence-electron chi connectivity index (χ1n) is 16.1. The molecule has 2 heterocycles. The first-order valence-corrected chi connectivity index (χ1v) is 17.1. The van der Waals surface area contributed by atoms with Gasteiger partial charge in [0.1, 0.15) is 17.7 Å². The number of hydrogen-bond acceptors (Lipinski definition) is 9. The highest BCUT2D eigenvalue weighted by atomic mass is 32.2. The lowest BCUT2D eigenvalue weighted by molar-refractivity contribution is -0.183. The number of allylic oxidation sites excluding steroid dienone is 1. The number of hydrogen-bond donors (Lipinski definition) is 2. The highest BCUT2D eigenvalue weighted by Crippen LogP contribution is 2.65. The Labute approximate surface area is 266 Å². The molecule has 0 bridgehead atoms.